The number of benzene rings is 1. The van der Waals surface area contributed by atoms with E-state index < -0.39 is 0 Å². The molecule has 0 radical (unpaired) electrons. The molecular formula is C12H9BrClNO. The van der Waals surface area contributed by atoms with Gasteiger partial charge in [0.2, 0.25) is 5.88 Å². The van der Waals surface area contributed by atoms with Gasteiger partial charge in [0.25, 0.3) is 0 Å². The summed E-state index contributed by atoms with van der Waals surface area (Å²) in [6, 6.07) is 11.1. The quantitative estimate of drug-likeness (QED) is 0.782. The second kappa shape index (κ2) is 5.32. The summed E-state index contributed by atoms with van der Waals surface area (Å²) in [5.41, 5.74) is 1.10. The van der Waals surface area contributed by atoms with Gasteiger partial charge >= 0.3 is 0 Å². The summed E-state index contributed by atoms with van der Waals surface area (Å²) >= 11 is 9.33. The first-order valence-corrected chi connectivity index (χ1v) is 6.23. The lowest BCUT2D eigenvalue weighted by atomic mass is 10.3. The van der Waals surface area contributed by atoms with Gasteiger partial charge in [-0.3, -0.25) is 0 Å². The molecule has 0 amide bonds. The molecule has 0 bridgehead atoms. The van der Waals surface area contributed by atoms with Crippen molar-refractivity contribution in [3.63, 3.8) is 0 Å². The summed E-state index contributed by atoms with van der Waals surface area (Å²) in [5, 5.41) is 1.36. The number of pyridine rings is 1. The van der Waals surface area contributed by atoms with Gasteiger partial charge in [0, 0.05) is 17.6 Å². The van der Waals surface area contributed by atoms with Gasteiger partial charge < -0.3 is 4.74 Å². The van der Waals surface area contributed by atoms with Gasteiger partial charge in [-0.2, -0.15) is 0 Å². The molecule has 0 spiro atoms. The molecule has 0 aliphatic carbocycles. The van der Waals surface area contributed by atoms with Gasteiger partial charge in [-0.15, -0.1) is 0 Å². The molecule has 1 aromatic carbocycles. The van der Waals surface area contributed by atoms with Crippen molar-refractivity contribution in [1.29, 1.82) is 0 Å². The number of alkyl halides is 1. The maximum absolute atomic E-state index is 5.97. The Bertz CT molecular complexity index is 473. The molecule has 0 saturated heterocycles. The average molecular weight is 299 g/mol. The molecule has 1 heterocycles. The molecule has 2 rings (SSSR count). The van der Waals surface area contributed by atoms with Gasteiger partial charge in [-0.05, 0) is 17.7 Å². The third-order valence-electron chi connectivity index (χ3n) is 2.00. The standard InChI is InChI=1S/C12H9BrClNO/c13-7-9-5-6-12(15-8-9)16-11-4-2-1-3-10(11)14/h1-6,8H,7H2. The highest BCUT2D eigenvalue weighted by Gasteiger charge is 2.02. The van der Waals surface area contributed by atoms with Crippen LogP contribution in [0.3, 0.4) is 0 Å². The molecule has 0 N–H and O–H groups in total. The van der Waals surface area contributed by atoms with E-state index in [1.165, 1.54) is 0 Å². The van der Waals surface area contributed by atoms with E-state index in [2.05, 4.69) is 20.9 Å². The largest absolute Gasteiger partial charge is 0.437 e. The summed E-state index contributed by atoms with van der Waals surface area (Å²) < 4.78 is 5.55. The van der Waals surface area contributed by atoms with Crippen molar-refractivity contribution in [1.82, 2.24) is 4.98 Å². The summed E-state index contributed by atoms with van der Waals surface area (Å²) in [6.45, 7) is 0. The first-order valence-electron chi connectivity index (χ1n) is 4.73. The fourth-order valence-electron chi connectivity index (χ4n) is 1.19. The lowest BCUT2D eigenvalue weighted by Crippen LogP contribution is -1.89. The topological polar surface area (TPSA) is 22.1 Å². The monoisotopic (exact) mass is 297 g/mol. The second-order valence-electron chi connectivity index (χ2n) is 3.17. The van der Waals surface area contributed by atoms with E-state index in [4.69, 9.17) is 16.3 Å². The molecule has 0 aliphatic rings. The fourth-order valence-corrected chi connectivity index (χ4v) is 1.70. The van der Waals surface area contributed by atoms with Crippen molar-refractivity contribution < 1.29 is 4.74 Å². The Kier molecular flexibility index (Phi) is 3.80. The number of aromatic nitrogens is 1. The Labute approximate surface area is 107 Å². The lowest BCUT2D eigenvalue weighted by molar-refractivity contribution is 0.463. The Morgan fingerprint density at radius 1 is 1.19 bits per heavy atom. The Morgan fingerprint density at radius 2 is 2.00 bits per heavy atom. The summed E-state index contributed by atoms with van der Waals surface area (Å²) in [4.78, 5) is 4.18. The Balaban J connectivity index is 2.18. The molecule has 2 aromatic rings. The van der Waals surface area contributed by atoms with Crippen molar-refractivity contribution >= 4 is 27.5 Å². The molecule has 82 valence electrons. The van der Waals surface area contributed by atoms with Crippen molar-refractivity contribution in [3.8, 4) is 11.6 Å². The average Bonchev–Trinajstić information content (AvgIpc) is 2.33. The van der Waals surface area contributed by atoms with E-state index in [1.807, 2.05) is 30.3 Å². The molecule has 4 heteroatoms. The third kappa shape index (κ3) is 2.74. The van der Waals surface area contributed by atoms with E-state index in [0.717, 1.165) is 10.9 Å². The van der Waals surface area contributed by atoms with Crippen LogP contribution < -0.4 is 4.74 Å². The van der Waals surface area contributed by atoms with Crippen LogP contribution in [-0.2, 0) is 5.33 Å². The molecule has 2 nitrogen and oxygen atoms in total. The van der Waals surface area contributed by atoms with Crippen molar-refractivity contribution in [2.75, 3.05) is 0 Å². The predicted octanol–water partition coefficient (Wildman–Crippen LogP) is 4.42. The first kappa shape index (κ1) is 11.4. The zero-order valence-corrected chi connectivity index (χ0v) is 10.7. The van der Waals surface area contributed by atoms with Crippen LogP contribution in [0.5, 0.6) is 11.6 Å². The number of ether oxygens (including phenoxy) is 1. The molecular weight excluding hydrogens is 289 g/mol. The van der Waals surface area contributed by atoms with Crippen LogP contribution in [0.15, 0.2) is 42.6 Å². The fraction of sp³-hybridized carbons (Fsp3) is 0.0833. The lowest BCUT2D eigenvalue weighted by Gasteiger charge is -2.06. The van der Waals surface area contributed by atoms with Gasteiger partial charge in [-0.25, -0.2) is 4.98 Å². The van der Waals surface area contributed by atoms with Crippen LogP contribution >= 0.6 is 27.5 Å². The molecule has 0 fully saturated rings. The predicted molar refractivity (Wildman–Crippen MR) is 68.4 cm³/mol. The van der Waals surface area contributed by atoms with Crippen LogP contribution in [0.2, 0.25) is 5.02 Å². The van der Waals surface area contributed by atoms with Gasteiger partial charge in [-0.1, -0.05) is 45.7 Å². The number of hydrogen-bond donors (Lipinski definition) is 0. The normalized spacial score (nSPS) is 10.1. The number of hydrogen-bond acceptors (Lipinski definition) is 2. The number of para-hydroxylation sites is 1. The van der Waals surface area contributed by atoms with Crippen LogP contribution in [0.1, 0.15) is 5.56 Å². The number of nitrogens with zero attached hydrogens (tertiary/aromatic N) is 1. The SMILES string of the molecule is Clc1ccccc1Oc1ccc(CBr)cn1. The summed E-state index contributed by atoms with van der Waals surface area (Å²) in [5.74, 6) is 1.15. The molecule has 0 unspecified atom stereocenters. The van der Waals surface area contributed by atoms with E-state index in [0.29, 0.717) is 16.7 Å². The number of halogens is 2. The van der Waals surface area contributed by atoms with Crippen molar-refractivity contribution in [3.05, 3.63) is 53.2 Å². The van der Waals surface area contributed by atoms with Crippen molar-refractivity contribution in [2.45, 2.75) is 5.33 Å². The molecule has 16 heavy (non-hydrogen) atoms. The highest BCUT2D eigenvalue weighted by Crippen LogP contribution is 2.27. The molecule has 0 atom stereocenters. The van der Waals surface area contributed by atoms with Gasteiger partial charge in [0.05, 0.1) is 5.02 Å². The van der Waals surface area contributed by atoms with E-state index >= 15 is 0 Å². The highest BCUT2D eigenvalue weighted by molar-refractivity contribution is 9.08. The van der Waals surface area contributed by atoms with E-state index in [1.54, 1.807) is 12.3 Å². The van der Waals surface area contributed by atoms with E-state index in [-0.39, 0.29) is 0 Å². The van der Waals surface area contributed by atoms with Crippen LogP contribution in [0.25, 0.3) is 0 Å². The van der Waals surface area contributed by atoms with Crippen LogP contribution in [-0.4, -0.2) is 4.98 Å². The minimum atomic E-state index is 0.540. The Hall–Kier alpha value is -1.06. The third-order valence-corrected chi connectivity index (χ3v) is 2.96. The smallest absolute Gasteiger partial charge is 0.219 e. The minimum absolute atomic E-state index is 0.540. The van der Waals surface area contributed by atoms with Crippen molar-refractivity contribution in [2.24, 2.45) is 0 Å². The molecule has 0 aliphatic heterocycles. The maximum Gasteiger partial charge on any atom is 0.219 e. The highest BCUT2D eigenvalue weighted by atomic mass is 79.9. The summed E-state index contributed by atoms with van der Waals surface area (Å²) in [6.07, 6.45) is 1.76. The zero-order chi connectivity index (χ0) is 11.4. The second-order valence-corrected chi connectivity index (χ2v) is 4.14. The maximum atomic E-state index is 5.97. The Morgan fingerprint density at radius 3 is 2.62 bits per heavy atom. The minimum Gasteiger partial charge on any atom is -0.437 e. The molecule has 1 aromatic heterocycles. The van der Waals surface area contributed by atoms with Crippen LogP contribution in [0.4, 0.5) is 0 Å². The number of rotatable bonds is 3. The van der Waals surface area contributed by atoms with Crippen LogP contribution in [0, 0.1) is 0 Å². The van der Waals surface area contributed by atoms with E-state index in [9.17, 15) is 0 Å². The van der Waals surface area contributed by atoms with Gasteiger partial charge in [0.1, 0.15) is 5.75 Å². The first-order chi connectivity index (χ1) is 7.79. The molecule has 0 saturated carbocycles. The summed E-state index contributed by atoms with van der Waals surface area (Å²) in [7, 11) is 0. The zero-order valence-electron chi connectivity index (χ0n) is 8.36. The van der Waals surface area contributed by atoms with Gasteiger partial charge in [0.15, 0.2) is 0 Å².